The van der Waals surface area contributed by atoms with Gasteiger partial charge in [0.15, 0.2) is 0 Å². The number of thiocarbonyl (C=S) groups is 1. The zero-order chi connectivity index (χ0) is 14.5. The van der Waals surface area contributed by atoms with E-state index in [-0.39, 0.29) is 10.8 Å². The van der Waals surface area contributed by atoms with Crippen LogP contribution in [0.2, 0.25) is 0 Å². The second-order valence-corrected chi connectivity index (χ2v) is 6.35. The van der Waals surface area contributed by atoms with Gasteiger partial charge in [-0.15, -0.1) is 0 Å². The second-order valence-electron chi connectivity index (χ2n) is 5.91. The summed E-state index contributed by atoms with van der Waals surface area (Å²) in [7, 11) is 0. The Hall–Kier alpha value is -1.16. The van der Waals surface area contributed by atoms with Crippen molar-refractivity contribution in [1.82, 2.24) is 0 Å². The summed E-state index contributed by atoms with van der Waals surface area (Å²) in [5, 5.41) is 3.18. The summed E-state index contributed by atoms with van der Waals surface area (Å²) >= 11 is 4.84. The molecule has 0 saturated heterocycles. The number of hydrogen-bond acceptors (Lipinski definition) is 2. The van der Waals surface area contributed by atoms with E-state index in [1.807, 2.05) is 0 Å². The Morgan fingerprint density at radius 2 is 2.25 bits per heavy atom. The monoisotopic (exact) mass is 294 g/mol. The lowest BCUT2D eigenvalue weighted by Crippen LogP contribution is -2.17. The molecule has 1 aromatic rings. The zero-order valence-corrected chi connectivity index (χ0v) is 12.8. The Kier molecular flexibility index (Phi) is 5.35. The maximum absolute atomic E-state index is 13.9. The molecule has 1 saturated carbocycles. The Morgan fingerprint density at radius 3 is 2.90 bits per heavy atom. The molecule has 2 nitrogen and oxygen atoms in total. The van der Waals surface area contributed by atoms with Crippen LogP contribution in [0.25, 0.3) is 0 Å². The molecule has 2 rings (SSSR count). The van der Waals surface area contributed by atoms with E-state index in [1.54, 1.807) is 12.1 Å². The summed E-state index contributed by atoms with van der Waals surface area (Å²) in [5.74, 6) is 1.34. The molecule has 1 aliphatic carbocycles. The van der Waals surface area contributed by atoms with Gasteiger partial charge in [-0.25, -0.2) is 4.39 Å². The Morgan fingerprint density at radius 1 is 1.45 bits per heavy atom. The van der Waals surface area contributed by atoms with Gasteiger partial charge in [-0.05, 0) is 42.9 Å². The van der Waals surface area contributed by atoms with Crippen LogP contribution in [0.4, 0.5) is 10.1 Å². The van der Waals surface area contributed by atoms with Gasteiger partial charge < -0.3 is 11.1 Å². The summed E-state index contributed by atoms with van der Waals surface area (Å²) in [5.41, 5.74) is 6.60. The fourth-order valence-electron chi connectivity index (χ4n) is 3.04. The average Bonchev–Trinajstić information content (AvgIpc) is 2.40. The Bertz CT molecular complexity index is 476. The quantitative estimate of drug-likeness (QED) is 0.803. The molecule has 0 amide bonds. The van der Waals surface area contributed by atoms with Crippen LogP contribution in [0.3, 0.4) is 0 Å². The minimum atomic E-state index is -0.285. The first kappa shape index (κ1) is 15.2. The second kappa shape index (κ2) is 7.02. The fraction of sp³-hybridized carbons (Fsp3) is 0.562. The normalized spacial score (nSPS) is 22.5. The van der Waals surface area contributed by atoms with Crippen LogP contribution in [0.15, 0.2) is 18.2 Å². The SMILES string of the molecule is CC1CCCC(CCNc2ccc(C(N)=S)cc2F)C1. The molecule has 2 unspecified atom stereocenters. The van der Waals surface area contributed by atoms with Crippen molar-refractivity contribution in [3.05, 3.63) is 29.6 Å². The van der Waals surface area contributed by atoms with Gasteiger partial charge in [0.25, 0.3) is 0 Å². The molecule has 2 atom stereocenters. The van der Waals surface area contributed by atoms with Gasteiger partial charge in [0, 0.05) is 12.1 Å². The summed E-state index contributed by atoms with van der Waals surface area (Å²) < 4.78 is 13.9. The summed E-state index contributed by atoms with van der Waals surface area (Å²) in [4.78, 5) is 0.228. The molecule has 0 bridgehead atoms. The lowest BCUT2D eigenvalue weighted by molar-refractivity contribution is 0.274. The first-order valence-electron chi connectivity index (χ1n) is 7.39. The maximum atomic E-state index is 13.9. The van der Waals surface area contributed by atoms with Gasteiger partial charge in [-0.2, -0.15) is 0 Å². The molecule has 0 aromatic heterocycles. The number of rotatable bonds is 5. The van der Waals surface area contributed by atoms with Crippen molar-refractivity contribution in [2.45, 2.75) is 39.0 Å². The van der Waals surface area contributed by atoms with Crippen LogP contribution in [0.1, 0.15) is 44.6 Å². The number of nitrogens with one attached hydrogen (secondary N) is 1. The van der Waals surface area contributed by atoms with Gasteiger partial charge in [0.1, 0.15) is 10.8 Å². The third-order valence-corrected chi connectivity index (χ3v) is 4.40. The standard InChI is InChI=1S/C16H23FN2S/c1-11-3-2-4-12(9-11)7-8-19-15-6-5-13(16(18)20)10-14(15)17/h5-6,10-12,19H,2-4,7-9H2,1H3,(H2,18,20). The summed E-state index contributed by atoms with van der Waals surface area (Å²) in [6, 6.07) is 4.87. The number of halogens is 1. The van der Waals surface area contributed by atoms with Crippen LogP contribution in [0.5, 0.6) is 0 Å². The van der Waals surface area contributed by atoms with Crippen molar-refractivity contribution >= 4 is 22.9 Å². The van der Waals surface area contributed by atoms with E-state index in [1.165, 1.54) is 31.7 Å². The molecule has 3 N–H and O–H groups in total. The van der Waals surface area contributed by atoms with Gasteiger partial charge in [-0.1, -0.05) is 38.4 Å². The molecule has 0 heterocycles. The molecule has 1 fully saturated rings. The van der Waals surface area contributed by atoms with Gasteiger partial charge in [0.2, 0.25) is 0 Å². The lowest BCUT2D eigenvalue weighted by atomic mass is 9.81. The highest BCUT2D eigenvalue weighted by atomic mass is 32.1. The van der Waals surface area contributed by atoms with Crippen molar-refractivity contribution in [3.8, 4) is 0 Å². The first-order chi connectivity index (χ1) is 9.56. The zero-order valence-electron chi connectivity index (χ0n) is 12.0. The third kappa shape index (κ3) is 4.17. The van der Waals surface area contributed by atoms with E-state index in [2.05, 4.69) is 12.2 Å². The van der Waals surface area contributed by atoms with Crippen LogP contribution in [-0.4, -0.2) is 11.5 Å². The number of anilines is 1. The van der Waals surface area contributed by atoms with Crippen LogP contribution < -0.4 is 11.1 Å². The number of benzene rings is 1. The highest BCUT2D eigenvalue weighted by Gasteiger charge is 2.18. The molecule has 0 radical (unpaired) electrons. The Balaban J connectivity index is 1.83. The van der Waals surface area contributed by atoms with E-state index < -0.39 is 0 Å². The van der Waals surface area contributed by atoms with Gasteiger partial charge >= 0.3 is 0 Å². The van der Waals surface area contributed by atoms with E-state index in [4.69, 9.17) is 18.0 Å². The summed E-state index contributed by atoms with van der Waals surface area (Å²) in [6.45, 7) is 3.15. The number of hydrogen-bond donors (Lipinski definition) is 2. The molecule has 1 aromatic carbocycles. The topological polar surface area (TPSA) is 38.0 Å². The molecule has 0 spiro atoms. The van der Waals surface area contributed by atoms with Crippen LogP contribution >= 0.6 is 12.2 Å². The van der Waals surface area contributed by atoms with E-state index in [0.717, 1.165) is 24.8 Å². The lowest BCUT2D eigenvalue weighted by Gasteiger charge is -2.26. The third-order valence-electron chi connectivity index (χ3n) is 4.17. The van der Waals surface area contributed by atoms with Crippen LogP contribution in [0, 0.1) is 17.7 Å². The minimum Gasteiger partial charge on any atom is -0.389 e. The van der Waals surface area contributed by atoms with Crippen molar-refractivity contribution in [1.29, 1.82) is 0 Å². The van der Waals surface area contributed by atoms with Gasteiger partial charge in [-0.3, -0.25) is 0 Å². The predicted octanol–water partition coefficient (Wildman–Crippen LogP) is 4.09. The van der Waals surface area contributed by atoms with Crippen molar-refractivity contribution in [2.24, 2.45) is 17.6 Å². The highest BCUT2D eigenvalue weighted by molar-refractivity contribution is 7.80. The molecule has 0 aliphatic heterocycles. The van der Waals surface area contributed by atoms with Crippen molar-refractivity contribution < 1.29 is 4.39 Å². The first-order valence-corrected chi connectivity index (χ1v) is 7.80. The molecule has 4 heteroatoms. The predicted molar refractivity (Wildman–Crippen MR) is 86.5 cm³/mol. The van der Waals surface area contributed by atoms with E-state index in [9.17, 15) is 4.39 Å². The minimum absolute atomic E-state index is 0.228. The smallest absolute Gasteiger partial charge is 0.146 e. The van der Waals surface area contributed by atoms with E-state index in [0.29, 0.717) is 11.3 Å². The number of nitrogens with two attached hydrogens (primary N) is 1. The molecule has 20 heavy (non-hydrogen) atoms. The van der Waals surface area contributed by atoms with Crippen molar-refractivity contribution in [3.63, 3.8) is 0 Å². The largest absolute Gasteiger partial charge is 0.389 e. The molecule has 1 aliphatic rings. The highest BCUT2D eigenvalue weighted by Crippen LogP contribution is 2.30. The molecular formula is C16H23FN2S. The van der Waals surface area contributed by atoms with Gasteiger partial charge in [0.05, 0.1) is 5.69 Å². The molecule has 110 valence electrons. The Labute approximate surface area is 125 Å². The molecular weight excluding hydrogens is 271 g/mol. The van der Waals surface area contributed by atoms with Crippen LogP contribution in [-0.2, 0) is 0 Å². The van der Waals surface area contributed by atoms with Crippen molar-refractivity contribution in [2.75, 3.05) is 11.9 Å². The fourth-order valence-corrected chi connectivity index (χ4v) is 3.17. The maximum Gasteiger partial charge on any atom is 0.146 e. The summed E-state index contributed by atoms with van der Waals surface area (Å²) in [6.07, 6.45) is 6.43. The average molecular weight is 294 g/mol. The van der Waals surface area contributed by atoms with E-state index >= 15 is 0 Å².